The predicted molar refractivity (Wildman–Crippen MR) is 144 cm³/mol. The third kappa shape index (κ3) is 9.67. The first-order valence-corrected chi connectivity index (χ1v) is 15.6. The quantitative estimate of drug-likeness (QED) is 0.150. The second-order valence-corrected chi connectivity index (χ2v) is 11.5. The van der Waals surface area contributed by atoms with Crippen molar-refractivity contribution >= 4 is 13.6 Å². The van der Waals surface area contributed by atoms with Gasteiger partial charge in [0.2, 0.25) is 0 Å². The number of carbonyl (C=O) groups is 1. The van der Waals surface area contributed by atoms with Gasteiger partial charge >= 0.3 is 7.82 Å². The lowest BCUT2D eigenvalue weighted by atomic mass is 9.89. The fraction of sp³-hybridized carbons (Fsp3) is 0.750. The molecule has 2 aliphatic rings. The van der Waals surface area contributed by atoms with Crippen LogP contribution >= 0.6 is 7.82 Å². The van der Waals surface area contributed by atoms with Crippen LogP contribution in [0.3, 0.4) is 0 Å². The average Bonchev–Trinajstić information content (AvgIpc) is 3.40. The third-order valence-corrected chi connectivity index (χ3v) is 8.51. The van der Waals surface area contributed by atoms with E-state index in [1.807, 2.05) is 18.2 Å². The lowest BCUT2D eigenvalue weighted by Gasteiger charge is -2.33. The summed E-state index contributed by atoms with van der Waals surface area (Å²) >= 11 is 0. The SMILES string of the molecule is CCCCCCCC(=O)C[C@H](CN1CCCC1)[C@H](OP(=O)(OCC)OCC)c1ccc2c(c1)OCCO2. The Kier molecular flexibility index (Phi) is 12.9. The Morgan fingerprint density at radius 2 is 1.65 bits per heavy atom. The highest BCUT2D eigenvalue weighted by Gasteiger charge is 2.37. The smallest absolute Gasteiger partial charge is 0.475 e. The molecule has 8 nitrogen and oxygen atoms in total. The molecular formula is C28H46NO7P. The number of ether oxygens (including phenoxy) is 2. The molecule has 0 saturated carbocycles. The molecule has 0 bridgehead atoms. The van der Waals surface area contributed by atoms with Crippen molar-refractivity contribution in [3.63, 3.8) is 0 Å². The molecule has 2 heterocycles. The normalized spacial score (nSPS) is 17.6. The highest BCUT2D eigenvalue weighted by molar-refractivity contribution is 7.48. The van der Waals surface area contributed by atoms with Crippen LogP contribution in [-0.2, 0) is 22.9 Å². The van der Waals surface area contributed by atoms with Crippen molar-refractivity contribution in [3.05, 3.63) is 23.8 Å². The zero-order valence-electron chi connectivity index (χ0n) is 23.0. The van der Waals surface area contributed by atoms with Crippen LogP contribution in [0.5, 0.6) is 11.5 Å². The van der Waals surface area contributed by atoms with E-state index in [1.165, 1.54) is 12.8 Å². The van der Waals surface area contributed by atoms with Crippen LogP contribution in [0.25, 0.3) is 0 Å². The number of carbonyl (C=O) groups excluding carboxylic acids is 1. The van der Waals surface area contributed by atoms with Crippen LogP contribution in [0.2, 0.25) is 0 Å². The van der Waals surface area contributed by atoms with Crippen molar-refractivity contribution < 1.29 is 32.4 Å². The van der Waals surface area contributed by atoms with Gasteiger partial charge < -0.3 is 14.4 Å². The number of phosphoric acid groups is 1. The second-order valence-electron chi connectivity index (χ2n) is 9.89. The number of likely N-dealkylation sites (tertiary alicyclic amines) is 1. The van der Waals surface area contributed by atoms with E-state index < -0.39 is 13.9 Å². The number of fused-ring (bicyclic) bond motifs is 1. The van der Waals surface area contributed by atoms with Crippen molar-refractivity contribution in [2.45, 2.75) is 84.7 Å². The molecule has 0 aromatic heterocycles. The molecule has 0 unspecified atom stereocenters. The molecule has 9 heteroatoms. The van der Waals surface area contributed by atoms with Gasteiger partial charge in [0.05, 0.1) is 19.3 Å². The molecule has 37 heavy (non-hydrogen) atoms. The molecule has 0 N–H and O–H groups in total. The Labute approximate surface area is 222 Å². The van der Waals surface area contributed by atoms with E-state index in [1.54, 1.807) is 13.8 Å². The van der Waals surface area contributed by atoms with Crippen molar-refractivity contribution in [1.29, 1.82) is 0 Å². The van der Waals surface area contributed by atoms with Gasteiger partial charge in [-0.3, -0.25) is 18.4 Å². The number of nitrogens with zero attached hydrogens (tertiary/aromatic N) is 1. The van der Waals surface area contributed by atoms with Gasteiger partial charge in [-0.15, -0.1) is 0 Å². The zero-order chi connectivity index (χ0) is 26.5. The largest absolute Gasteiger partial charge is 0.486 e. The number of hydrogen-bond donors (Lipinski definition) is 0. The topological polar surface area (TPSA) is 83.5 Å². The fourth-order valence-electron chi connectivity index (χ4n) is 5.09. The molecule has 3 rings (SSSR count). The van der Waals surface area contributed by atoms with Crippen LogP contribution < -0.4 is 9.47 Å². The van der Waals surface area contributed by atoms with Gasteiger partial charge in [-0.2, -0.15) is 0 Å². The van der Waals surface area contributed by atoms with E-state index in [2.05, 4.69) is 11.8 Å². The van der Waals surface area contributed by atoms with E-state index in [4.69, 9.17) is 23.0 Å². The van der Waals surface area contributed by atoms with E-state index in [9.17, 15) is 9.36 Å². The molecule has 1 saturated heterocycles. The fourth-order valence-corrected chi connectivity index (χ4v) is 6.49. The Hall–Kier alpha value is -1.44. The number of ketones is 1. The van der Waals surface area contributed by atoms with Crippen LogP contribution in [0.4, 0.5) is 0 Å². The molecular weight excluding hydrogens is 493 g/mol. The number of benzene rings is 1. The standard InChI is InChI=1S/C28H46NO7P/c1-4-7-8-9-10-13-25(30)20-24(22-29-16-11-12-17-29)28(36-37(31,34-5-2)35-6-3)23-14-15-26-27(21-23)33-19-18-32-26/h14-15,21,24,28H,4-13,16-20,22H2,1-3H3/t24-,28-/m1/s1. The van der Waals surface area contributed by atoms with Gasteiger partial charge in [-0.05, 0) is 63.9 Å². The molecule has 1 aromatic rings. The number of unbranched alkanes of at least 4 members (excludes halogenated alkanes) is 4. The van der Waals surface area contributed by atoms with Crippen molar-refractivity contribution in [2.24, 2.45) is 5.92 Å². The summed E-state index contributed by atoms with van der Waals surface area (Å²) in [5, 5.41) is 0. The van der Waals surface area contributed by atoms with Gasteiger partial charge in [0, 0.05) is 25.3 Å². The highest BCUT2D eigenvalue weighted by atomic mass is 31.2. The second kappa shape index (κ2) is 15.8. The zero-order valence-corrected chi connectivity index (χ0v) is 23.8. The molecule has 0 aliphatic carbocycles. The summed E-state index contributed by atoms with van der Waals surface area (Å²) < 4.78 is 42.4. The maximum absolute atomic E-state index is 13.6. The van der Waals surface area contributed by atoms with E-state index in [0.717, 1.165) is 50.8 Å². The Morgan fingerprint density at radius 3 is 2.32 bits per heavy atom. The third-order valence-electron chi connectivity index (χ3n) is 6.88. The van der Waals surface area contributed by atoms with Gasteiger partial charge in [0.1, 0.15) is 19.0 Å². The molecule has 0 radical (unpaired) electrons. The Morgan fingerprint density at radius 1 is 0.973 bits per heavy atom. The first-order chi connectivity index (χ1) is 18.0. The van der Waals surface area contributed by atoms with Gasteiger partial charge in [0.25, 0.3) is 0 Å². The molecule has 210 valence electrons. The van der Waals surface area contributed by atoms with Gasteiger partial charge in [-0.25, -0.2) is 4.57 Å². The minimum Gasteiger partial charge on any atom is -0.486 e. The number of Topliss-reactive ketones (excluding diaryl/α,β-unsaturated/α-hetero) is 1. The Bertz CT molecular complexity index is 864. The first kappa shape index (κ1) is 30.1. The molecule has 2 atom stereocenters. The van der Waals surface area contributed by atoms with Crippen LogP contribution in [-0.4, -0.2) is 56.7 Å². The van der Waals surface area contributed by atoms with Gasteiger partial charge in [0.15, 0.2) is 11.5 Å². The molecule has 2 aliphatic heterocycles. The van der Waals surface area contributed by atoms with Gasteiger partial charge in [-0.1, -0.05) is 38.7 Å². The number of rotatable bonds is 18. The predicted octanol–water partition coefficient (Wildman–Crippen LogP) is 6.73. The summed E-state index contributed by atoms with van der Waals surface area (Å²) in [6, 6.07) is 5.65. The minimum absolute atomic E-state index is 0.193. The summed E-state index contributed by atoms with van der Waals surface area (Å²) in [5.41, 5.74) is 0.781. The van der Waals surface area contributed by atoms with Crippen LogP contribution in [0.1, 0.15) is 90.2 Å². The number of hydrogen-bond acceptors (Lipinski definition) is 8. The molecule has 1 fully saturated rings. The van der Waals surface area contributed by atoms with Crippen LogP contribution in [0, 0.1) is 5.92 Å². The summed E-state index contributed by atoms with van der Waals surface area (Å²) in [6.07, 6.45) is 8.05. The number of phosphoric ester groups is 1. The van der Waals surface area contributed by atoms with Crippen molar-refractivity contribution in [1.82, 2.24) is 4.90 Å². The van der Waals surface area contributed by atoms with Crippen molar-refractivity contribution in [2.75, 3.05) is 46.1 Å². The Balaban J connectivity index is 1.87. The summed E-state index contributed by atoms with van der Waals surface area (Å²) in [4.78, 5) is 15.6. The first-order valence-electron chi connectivity index (χ1n) is 14.2. The maximum atomic E-state index is 13.6. The van der Waals surface area contributed by atoms with E-state index in [-0.39, 0.29) is 24.9 Å². The average molecular weight is 540 g/mol. The lowest BCUT2D eigenvalue weighted by molar-refractivity contribution is -0.121. The molecule has 0 spiro atoms. The molecule has 1 aromatic carbocycles. The van der Waals surface area contributed by atoms with E-state index in [0.29, 0.717) is 44.1 Å². The van der Waals surface area contributed by atoms with Crippen LogP contribution in [0.15, 0.2) is 18.2 Å². The maximum Gasteiger partial charge on any atom is 0.475 e. The van der Waals surface area contributed by atoms with E-state index >= 15 is 0 Å². The summed E-state index contributed by atoms with van der Waals surface area (Å²) in [5.74, 6) is 1.31. The summed E-state index contributed by atoms with van der Waals surface area (Å²) in [6.45, 7) is 9.72. The molecule has 0 amide bonds. The minimum atomic E-state index is -3.85. The summed E-state index contributed by atoms with van der Waals surface area (Å²) in [7, 11) is -3.85. The monoisotopic (exact) mass is 539 g/mol. The van der Waals surface area contributed by atoms with Crippen molar-refractivity contribution in [3.8, 4) is 11.5 Å². The highest BCUT2D eigenvalue weighted by Crippen LogP contribution is 2.55. The lowest BCUT2D eigenvalue weighted by Crippen LogP contribution is -2.32.